The Kier molecular flexibility index (Phi) is 6.63. The van der Waals surface area contributed by atoms with Crippen LogP contribution in [0.5, 0.6) is 0 Å². The Balaban J connectivity index is 2.67. The number of hydrogen-bond donors (Lipinski definition) is 2. The lowest BCUT2D eigenvalue weighted by atomic mass is 9.90. The number of piperidine rings is 1. The summed E-state index contributed by atoms with van der Waals surface area (Å²) >= 11 is 0. The lowest BCUT2D eigenvalue weighted by Crippen LogP contribution is -2.59. The number of carbonyl (C=O) groups is 1. The number of amides is 1. The summed E-state index contributed by atoms with van der Waals surface area (Å²) < 4.78 is 0. The van der Waals surface area contributed by atoms with E-state index in [1.807, 2.05) is 20.8 Å². The van der Waals surface area contributed by atoms with Gasteiger partial charge in [0.25, 0.3) is 0 Å². The van der Waals surface area contributed by atoms with Crippen LogP contribution in [0.2, 0.25) is 0 Å². The van der Waals surface area contributed by atoms with Gasteiger partial charge < -0.3 is 16.0 Å². The monoisotopic (exact) mass is 298 g/mol. The smallest absolute Gasteiger partial charge is 0.237 e. The fourth-order valence-corrected chi connectivity index (χ4v) is 3.43. The number of nitrogens with one attached hydrogen (secondary N) is 1. The van der Waals surface area contributed by atoms with Gasteiger partial charge in [-0.3, -0.25) is 9.69 Å². The minimum atomic E-state index is -0.650. The fourth-order valence-electron chi connectivity index (χ4n) is 3.43. The van der Waals surface area contributed by atoms with E-state index in [1.54, 1.807) is 0 Å². The first kappa shape index (κ1) is 18.4. The second-order valence-electron chi connectivity index (χ2n) is 7.27. The highest BCUT2D eigenvalue weighted by Crippen LogP contribution is 2.21. The van der Waals surface area contributed by atoms with E-state index < -0.39 is 5.54 Å². The first-order valence-corrected chi connectivity index (χ1v) is 8.14. The maximum atomic E-state index is 11.9. The Morgan fingerprint density at radius 1 is 1.48 bits per heavy atom. The molecule has 1 fully saturated rings. The molecular formula is C16H34N4O. The van der Waals surface area contributed by atoms with Crippen molar-refractivity contribution >= 4 is 5.91 Å². The van der Waals surface area contributed by atoms with Gasteiger partial charge in [0.05, 0.1) is 5.54 Å². The van der Waals surface area contributed by atoms with Gasteiger partial charge in [0.1, 0.15) is 0 Å². The summed E-state index contributed by atoms with van der Waals surface area (Å²) in [6, 6.07) is 1.11. The molecule has 0 aromatic heterocycles. The Morgan fingerprint density at radius 3 is 2.57 bits per heavy atom. The third-order valence-electron chi connectivity index (χ3n) is 4.73. The van der Waals surface area contributed by atoms with Crippen LogP contribution in [0.1, 0.15) is 47.0 Å². The van der Waals surface area contributed by atoms with Crippen LogP contribution in [0, 0.1) is 0 Å². The Morgan fingerprint density at radius 2 is 2.10 bits per heavy atom. The Hall–Kier alpha value is -0.650. The van der Waals surface area contributed by atoms with Gasteiger partial charge in [0, 0.05) is 24.7 Å². The molecular weight excluding hydrogens is 264 g/mol. The molecule has 0 spiro atoms. The van der Waals surface area contributed by atoms with Crippen molar-refractivity contribution in [2.45, 2.75) is 70.6 Å². The second kappa shape index (κ2) is 7.56. The van der Waals surface area contributed by atoms with Gasteiger partial charge in [-0.1, -0.05) is 0 Å². The van der Waals surface area contributed by atoms with Gasteiger partial charge in [-0.25, -0.2) is 0 Å². The average Bonchev–Trinajstić information content (AvgIpc) is 2.36. The highest BCUT2D eigenvalue weighted by atomic mass is 16.1. The zero-order valence-electron chi connectivity index (χ0n) is 14.6. The molecule has 1 rings (SSSR count). The van der Waals surface area contributed by atoms with Crippen molar-refractivity contribution in [3.8, 4) is 0 Å². The van der Waals surface area contributed by atoms with Crippen molar-refractivity contribution in [1.82, 2.24) is 15.1 Å². The van der Waals surface area contributed by atoms with E-state index in [2.05, 4.69) is 36.1 Å². The molecule has 0 radical (unpaired) electrons. The molecule has 21 heavy (non-hydrogen) atoms. The van der Waals surface area contributed by atoms with Crippen molar-refractivity contribution in [2.75, 3.05) is 27.2 Å². The van der Waals surface area contributed by atoms with E-state index in [0.717, 1.165) is 13.0 Å². The van der Waals surface area contributed by atoms with Crippen molar-refractivity contribution in [1.29, 1.82) is 0 Å². The summed E-state index contributed by atoms with van der Waals surface area (Å²) in [7, 11) is 4.35. The molecule has 1 saturated heterocycles. The van der Waals surface area contributed by atoms with Crippen LogP contribution >= 0.6 is 0 Å². The minimum absolute atomic E-state index is 0.237. The maximum absolute atomic E-state index is 11.9. The molecule has 0 aromatic carbocycles. The number of rotatable bonds is 7. The predicted octanol–water partition coefficient (Wildman–Crippen LogP) is 1.03. The van der Waals surface area contributed by atoms with E-state index in [0.29, 0.717) is 12.1 Å². The maximum Gasteiger partial charge on any atom is 0.237 e. The topological polar surface area (TPSA) is 61.6 Å². The summed E-state index contributed by atoms with van der Waals surface area (Å²) in [6.45, 7) is 10.5. The molecule has 3 atom stereocenters. The van der Waals surface area contributed by atoms with E-state index in [4.69, 9.17) is 5.73 Å². The van der Waals surface area contributed by atoms with Crippen LogP contribution in [-0.4, -0.2) is 66.6 Å². The summed E-state index contributed by atoms with van der Waals surface area (Å²) in [5.74, 6) is -0.266. The summed E-state index contributed by atoms with van der Waals surface area (Å²) in [4.78, 5) is 16.7. The molecule has 1 aliphatic rings. The molecule has 5 heteroatoms. The van der Waals surface area contributed by atoms with Gasteiger partial charge in [-0.15, -0.1) is 0 Å². The molecule has 0 aliphatic carbocycles. The van der Waals surface area contributed by atoms with Crippen LogP contribution in [-0.2, 0) is 4.79 Å². The first-order chi connectivity index (χ1) is 9.65. The number of carbonyl (C=O) groups excluding carboxylic acids is 1. The normalized spacial score (nSPS) is 25.0. The van der Waals surface area contributed by atoms with Crippen molar-refractivity contribution < 1.29 is 4.79 Å². The van der Waals surface area contributed by atoms with Crippen LogP contribution in [0.4, 0.5) is 0 Å². The Bertz CT molecular complexity index is 347. The van der Waals surface area contributed by atoms with E-state index in [9.17, 15) is 4.79 Å². The average molecular weight is 298 g/mol. The predicted molar refractivity (Wildman–Crippen MR) is 88.2 cm³/mol. The number of primary amides is 1. The van der Waals surface area contributed by atoms with Crippen LogP contribution in [0.25, 0.3) is 0 Å². The standard InChI is InChI=1S/C16H34N4O/c1-12(2)18-16(4,15(17)21)10-13(3)20(6)14-8-7-9-19(5)11-14/h12-14,18H,7-11H2,1-6H3,(H2,17,21). The van der Waals surface area contributed by atoms with Crippen molar-refractivity contribution in [3.05, 3.63) is 0 Å². The van der Waals surface area contributed by atoms with Gasteiger partial charge in [-0.2, -0.15) is 0 Å². The van der Waals surface area contributed by atoms with E-state index in [1.165, 1.54) is 19.4 Å². The van der Waals surface area contributed by atoms with Gasteiger partial charge in [-0.05, 0) is 67.6 Å². The molecule has 0 aromatic rings. The first-order valence-electron chi connectivity index (χ1n) is 8.14. The molecule has 0 bridgehead atoms. The van der Waals surface area contributed by atoms with Gasteiger partial charge in [0.15, 0.2) is 0 Å². The number of nitrogens with zero attached hydrogens (tertiary/aromatic N) is 2. The van der Waals surface area contributed by atoms with Gasteiger partial charge in [0.2, 0.25) is 5.91 Å². The van der Waals surface area contributed by atoms with Crippen molar-refractivity contribution in [3.63, 3.8) is 0 Å². The number of likely N-dealkylation sites (tertiary alicyclic amines) is 1. The largest absolute Gasteiger partial charge is 0.368 e. The highest BCUT2D eigenvalue weighted by molar-refractivity contribution is 5.84. The zero-order valence-corrected chi connectivity index (χ0v) is 14.6. The lowest BCUT2D eigenvalue weighted by Gasteiger charge is -2.41. The SMILES string of the molecule is CC(C)NC(C)(CC(C)N(C)C1CCCN(C)C1)C(N)=O. The molecule has 124 valence electrons. The third-order valence-corrected chi connectivity index (χ3v) is 4.73. The summed E-state index contributed by atoms with van der Waals surface area (Å²) in [6.07, 6.45) is 3.21. The number of nitrogens with two attached hydrogens (primary N) is 1. The van der Waals surface area contributed by atoms with Gasteiger partial charge >= 0.3 is 0 Å². The molecule has 5 nitrogen and oxygen atoms in total. The molecule has 1 heterocycles. The third kappa shape index (κ3) is 5.24. The molecule has 0 saturated carbocycles. The zero-order chi connectivity index (χ0) is 16.2. The van der Waals surface area contributed by atoms with Crippen molar-refractivity contribution in [2.24, 2.45) is 5.73 Å². The van der Waals surface area contributed by atoms with Crippen LogP contribution in [0.15, 0.2) is 0 Å². The minimum Gasteiger partial charge on any atom is -0.368 e. The van der Waals surface area contributed by atoms with Crippen LogP contribution in [0.3, 0.4) is 0 Å². The summed E-state index contributed by atoms with van der Waals surface area (Å²) in [5, 5.41) is 3.34. The summed E-state index contributed by atoms with van der Waals surface area (Å²) in [5.41, 5.74) is 4.99. The Labute approximate surface area is 130 Å². The molecule has 1 amide bonds. The quantitative estimate of drug-likeness (QED) is 0.737. The second-order valence-corrected chi connectivity index (χ2v) is 7.27. The number of hydrogen-bond acceptors (Lipinski definition) is 4. The highest BCUT2D eigenvalue weighted by Gasteiger charge is 2.35. The van der Waals surface area contributed by atoms with E-state index >= 15 is 0 Å². The lowest BCUT2D eigenvalue weighted by molar-refractivity contribution is -0.125. The fraction of sp³-hybridized carbons (Fsp3) is 0.938. The molecule has 1 aliphatic heterocycles. The molecule has 3 N–H and O–H groups in total. The number of likely N-dealkylation sites (N-methyl/N-ethyl adjacent to an activating group) is 2. The molecule has 3 unspecified atom stereocenters. The van der Waals surface area contributed by atoms with Crippen LogP contribution < -0.4 is 11.1 Å². The van der Waals surface area contributed by atoms with E-state index in [-0.39, 0.29) is 11.9 Å².